The van der Waals surface area contributed by atoms with E-state index in [-0.39, 0.29) is 18.0 Å². The van der Waals surface area contributed by atoms with Gasteiger partial charge in [0.05, 0.1) is 18.7 Å². The Morgan fingerprint density at radius 3 is 2.86 bits per heavy atom. The Hall–Kier alpha value is -2.58. The molecule has 0 spiro atoms. The first-order chi connectivity index (χ1) is 13.3. The van der Waals surface area contributed by atoms with E-state index >= 15 is 0 Å². The van der Waals surface area contributed by atoms with Crippen molar-refractivity contribution < 1.29 is 18.0 Å². The number of fused-ring (bicyclic) bond motifs is 1. The quantitative estimate of drug-likeness (QED) is 0.850. The van der Waals surface area contributed by atoms with Crippen LogP contribution in [0.3, 0.4) is 0 Å². The first-order valence-corrected chi connectivity index (χ1v) is 9.44. The van der Waals surface area contributed by atoms with Gasteiger partial charge >= 0.3 is 12.2 Å². The fourth-order valence-corrected chi connectivity index (χ4v) is 4.16. The molecule has 1 fully saturated rings. The topological polar surface area (TPSA) is 63.1 Å². The SMILES string of the molecule is Cc1nc2n(n1)CCN(C(=O)NC1CCCC1c1cccc(C(F)(F)F)c1)C2. The number of nitrogens with zero attached hydrogens (tertiary/aromatic N) is 4. The van der Waals surface area contributed by atoms with Crippen LogP contribution in [0.4, 0.5) is 18.0 Å². The number of urea groups is 1. The van der Waals surface area contributed by atoms with Gasteiger partial charge in [-0.1, -0.05) is 24.6 Å². The molecule has 0 saturated heterocycles. The molecule has 6 nitrogen and oxygen atoms in total. The van der Waals surface area contributed by atoms with Crippen LogP contribution in [0.25, 0.3) is 0 Å². The molecule has 28 heavy (non-hydrogen) atoms. The monoisotopic (exact) mass is 393 g/mol. The molecule has 1 aliphatic heterocycles. The number of aromatic nitrogens is 3. The number of carbonyl (C=O) groups excluding carboxylic acids is 1. The van der Waals surface area contributed by atoms with E-state index in [0.29, 0.717) is 31.0 Å². The number of amides is 2. The van der Waals surface area contributed by atoms with Crippen molar-refractivity contribution in [3.8, 4) is 0 Å². The average Bonchev–Trinajstić information content (AvgIpc) is 3.25. The Morgan fingerprint density at radius 1 is 1.25 bits per heavy atom. The van der Waals surface area contributed by atoms with Gasteiger partial charge in [-0.15, -0.1) is 0 Å². The summed E-state index contributed by atoms with van der Waals surface area (Å²) in [4.78, 5) is 18.8. The highest BCUT2D eigenvalue weighted by atomic mass is 19.4. The summed E-state index contributed by atoms with van der Waals surface area (Å²) in [5.41, 5.74) is -0.0145. The smallest absolute Gasteiger partial charge is 0.335 e. The fraction of sp³-hybridized carbons (Fsp3) is 0.526. The third-order valence-electron chi connectivity index (χ3n) is 5.52. The van der Waals surface area contributed by atoms with E-state index in [0.717, 1.165) is 31.2 Å². The molecule has 1 aliphatic carbocycles. The lowest BCUT2D eigenvalue weighted by Crippen LogP contribution is -2.48. The van der Waals surface area contributed by atoms with E-state index in [1.807, 2.05) is 6.92 Å². The van der Waals surface area contributed by atoms with Crippen LogP contribution < -0.4 is 5.32 Å². The van der Waals surface area contributed by atoms with Gasteiger partial charge in [-0.3, -0.25) is 0 Å². The zero-order valence-corrected chi connectivity index (χ0v) is 15.5. The minimum absolute atomic E-state index is 0.109. The van der Waals surface area contributed by atoms with Crippen molar-refractivity contribution in [2.45, 2.75) is 57.4 Å². The number of benzene rings is 1. The van der Waals surface area contributed by atoms with Crippen molar-refractivity contribution in [2.24, 2.45) is 0 Å². The second-order valence-electron chi connectivity index (χ2n) is 7.44. The number of rotatable bonds is 2. The third kappa shape index (κ3) is 3.70. The minimum Gasteiger partial charge on any atom is -0.335 e. The van der Waals surface area contributed by atoms with E-state index in [4.69, 9.17) is 0 Å². The first kappa shape index (κ1) is 18.8. The largest absolute Gasteiger partial charge is 0.416 e. The summed E-state index contributed by atoms with van der Waals surface area (Å²) in [6, 6.07) is 5.08. The van der Waals surface area contributed by atoms with Crippen molar-refractivity contribution in [1.29, 1.82) is 0 Å². The van der Waals surface area contributed by atoms with Crippen LogP contribution in [0.2, 0.25) is 0 Å². The second-order valence-corrected chi connectivity index (χ2v) is 7.44. The molecule has 1 N–H and O–H groups in total. The summed E-state index contributed by atoms with van der Waals surface area (Å²) in [6.45, 7) is 3.31. The third-order valence-corrected chi connectivity index (χ3v) is 5.52. The molecule has 1 aromatic carbocycles. The highest BCUT2D eigenvalue weighted by Crippen LogP contribution is 2.37. The molecular formula is C19H22F3N5O. The summed E-state index contributed by atoms with van der Waals surface area (Å²) in [5, 5.41) is 7.32. The lowest BCUT2D eigenvalue weighted by Gasteiger charge is -2.30. The Labute approximate surface area is 160 Å². The van der Waals surface area contributed by atoms with Gasteiger partial charge in [-0.25, -0.2) is 14.5 Å². The van der Waals surface area contributed by atoms with Crippen molar-refractivity contribution in [2.75, 3.05) is 6.54 Å². The highest BCUT2D eigenvalue weighted by molar-refractivity contribution is 5.74. The zero-order chi connectivity index (χ0) is 19.9. The van der Waals surface area contributed by atoms with Crippen LogP contribution in [0.1, 0.15) is 48.0 Å². The number of hydrogen-bond acceptors (Lipinski definition) is 3. The maximum Gasteiger partial charge on any atom is 0.416 e. The highest BCUT2D eigenvalue weighted by Gasteiger charge is 2.35. The zero-order valence-electron chi connectivity index (χ0n) is 15.5. The predicted octanol–water partition coefficient (Wildman–Crippen LogP) is 3.47. The van der Waals surface area contributed by atoms with Crippen LogP contribution in [0.5, 0.6) is 0 Å². The van der Waals surface area contributed by atoms with Gasteiger partial charge < -0.3 is 10.2 Å². The summed E-state index contributed by atoms with van der Waals surface area (Å²) in [7, 11) is 0. The Bertz CT molecular complexity index is 879. The van der Waals surface area contributed by atoms with Crippen LogP contribution in [0.15, 0.2) is 24.3 Å². The predicted molar refractivity (Wildman–Crippen MR) is 95.5 cm³/mol. The maximum atomic E-state index is 13.0. The molecule has 2 heterocycles. The van der Waals surface area contributed by atoms with E-state index in [1.54, 1.807) is 15.6 Å². The standard InChI is InChI=1S/C19H22F3N5O/c1-12-23-17-11-26(8-9-27(17)25-12)18(28)24-16-7-3-6-15(16)13-4-2-5-14(10-13)19(20,21)22/h2,4-5,10,15-16H,3,6-9,11H2,1H3,(H,24,28). The number of halogens is 3. The molecule has 2 unspecified atom stereocenters. The Balaban J connectivity index is 1.45. The van der Waals surface area contributed by atoms with E-state index < -0.39 is 11.7 Å². The maximum absolute atomic E-state index is 13.0. The minimum atomic E-state index is -4.37. The lowest BCUT2D eigenvalue weighted by atomic mass is 9.92. The van der Waals surface area contributed by atoms with E-state index in [9.17, 15) is 18.0 Å². The van der Waals surface area contributed by atoms with Crippen LogP contribution >= 0.6 is 0 Å². The molecule has 1 aromatic heterocycles. The molecular weight excluding hydrogens is 371 g/mol. The summed E-state index contributed by atoms with van der Waals surface area (Å²) >= 11 is 0. The number of aryl methyl sites for hydroxylation is 1. The molecule has 150 valence electrons. The molecule has 2 aromatic rings. The normalized spacial score (nSPS) is 22.2. The Kier molecular flexibility index (Phi) is 4.76. The molecule has 0 bridgehead atoms. The molecule has 2 atom stereocenters. The summed E-state index contributed by atoms with van der Waals surface area (Å²) in [5.74, 6) is 1.32. The summed E-state index contributed by atoms with van der Waals surface area (Å²) in [6.07, 6.45) is -1.97. The van der Waals surface area contributed by atoms with Crippen molar-refractivity contribution in [3.63, 3.8) is 0 Å². The number of alkyl halides is 3. The average molecular weight is 393 g/mol. The van der Waals surface area contributed by atoms with Gasteiger partial charge in [0.2, 0.25) is 0 Å². The van der Waals surface area contributed by atoms with Crippen LogP contribution in [-0.2, 0) is 19.3 Å². The van der Waals surface area contributed by atoms with Crippen molar-refractivity contribution in [3.05, 3.63) is 47.0 Å². The molecule has 9 heteroatoms. The molecule has 1 saturated carbocycles. The van der Waals surface area contributed by atoms with Crippen molar-refractivity contribution in [1.82, 2.24) is 25.0 Å². The van der Waals surface area contributed by atoms with E-state index in [1.165, 1.54) is 12.1 Å². The first-order valence-electron chi connectivity index (χ1n) is 9.44. The fourth-order valence-electron chi connectivity index (χ4n) is 4.16. The molecule has 0 radical (unpaired) electrons. The number of nitrogens with one attached hydrogen (secondary N) is 1. The number of hydrogen-bond donors (Lipinski definition) is 1. The van der Waals surface area contributed by atoms with E-state index in [2.05, 4.69) is 15.4 Å². The van der Waals surface area contributed by atoms with Gasteiger partial charge in [-0.2, -0.15) is 18.3 Å². The second kappa shape index (κ2) is 7.10. The summed E-state index contributed by atoms with van der Waals surface area (Å²) < 4.78 is 40.9. The van der Waals surface area contributed by atoms with Crippen LogP contribution in [0, 0.1) is 6.92 Å². The van der Waals surface area contributed by atoms with Gasteiger partial charge in [0.1, 0.15) is 11.6 Å². The molecule has 2 amide bonds. The molecule has 2 aliphatic rings. The van der Waals surface area contributed by atoms with Crippen LogP contribution in [-0.4, -0.2) is 38.3 Å². The lowest BCUT2D eigenvalue weighted by molar-refractivity contribution is -0.137. The molecule has 4 rings (SSSR count). The van der Waals surface area contributed by atoms with Gasteiger partial charge in [-0.05, 0) is 31.4 Å². The van der Waals surface area contributed by atoms with Gasteiger partial charge in [0.15, 0.2) is 0 Å². The van der Waals surface area contributed by atoms with Gasteiger partial charge in [0.25, 0.3) is 0 Å². The van der Waals surface area contributed by atoms with Crippen molar-refractivity contribution >= 4 is 6.03 Å². The number of carbonyl (C=O) groups is 1. The Morgan fingerprint density at radius 2 is 2.07 bits per heavy atom. The van der Waals surface area contributed by atoms with Gasteiger partial charge in [0, 0.05) is 18.5 Å².